The van der Waals surface area contributed by atoms with Gasteiger partial charge in [0.05, 0.1) is 9.48 Å². The molecule has 0 aromatic carbocycles. The van der Waals surface area contributed by atoms with Crippen LogP contribution in [0.5, 0.6) is 0 Å². The molecule has 6 nitrogen and oxygen atoms in total. The predicted octanol–water partition coefficient (Wildman–Crippen LogP) is 3.11. The summed E-state index contributed by atoms with van der Waals surface area (Å²) in [5.41, 5.74) is 0.790. The number of amides is 1. The average Bonchev–Trinajstić information content (AvgIpc) is 2.90. The first-order chi connectivity index (χ1) is 9.86. The lowest BCUT2D eigenvalue weighted by Crippen LogP contribution is -2.21. The lowest BCUT2D eigenvalue weighted by atomic mass is 10.4. The van der Waals surface area contributed by atoms with Crippen molar-refractivity contribution >= 4 is 60.9 Å². The van der Waals surface area contributed by atoms with Gasteiger partial charge in [-0.15, -0.1) is 11.3 Å². The van der Waals surface area contributed by atoms with Crippen LogP contribution in [0, 0.1) is 6.92 Å². The molecule has 0 bridgehead atoms. The second-order valence-electron chi connectivity index (χ2n) is 4.15. The van der Waals surface area contributed by atoms with Crippen LogP contribution in [0.4, 0.5) is 5.82 Å². The molecule has 2 heterocycles. The molecule has 2 aromatic rings. The van der Waals surface area contributed by atoms with E-state index in [2.05, 4.69) is 42.3 Å². The summed E-state index contributed by atoms with van der Waals surface area (Å²) in [5.74, 6) is -0.404. The van der Waals surface area contributed by atoms with Gasteiger partial charge in [-0.25, -0.2) is 4.79 Å². The third-order valence-corrected chi connectivity index (χ3v) is 5.69. The Bertz CT molecular complexity index is 676. The van der Waals surface area contributed by atoms with E-state index in [1.807, 2.05) is 6.92 Å². The Labute approximate surface area is 141 Å². The largest absolute Gasteiger partial charge is 0.451 e. The average molecular weight is 437 g/mol. The zero-order valence-corrected chi connectivity index (χ0v) is 15.1. The summed E-state index contributed by atoms with van der Waals surface area (Å²) in [7, 11) is 1.72. The molecule has 112 valence electrons. The van der Waals surface area contributed by atoms with Crippen LogP contribution in [0.1, 0.15) is 15.4 Å². The maximum Gasteiger partial charge on any atom is 0.348 e. The number of rotatable bonds is 4. The fraction of sp³-hybridized carbons (Fsp3) is 0.250. The number of thiophene rings is 1. The molecule has 0 atom stereocenters. The van der Waals surface area contributed by atoms with Gasteiger partial charge in [0.1, 0.15) is 10.7 Å². The molecule has 0 aliphatic heterocycles. The highest BCUT2D eigenvalue weighted by Gasteiger charge is 2.15. The molecule has 0 saturated carbocycles. The minimum absolute atomic E-state index is 0.351. The number of halogens is 2. The smallest absolute Gasteiger partial charge is 0.348 e. The van der Waals surface area contributed by atoms with Crippen LogP contribution >= 0.6 is 43.2 Å². The van der Waals surface area contributed by atoms with Crippen molar-refractivity contribution in [3.8, 4) is 0 Å². The number of carbonyl (C=O) groups excluding carboxylic acids is 2. The van der Waals surface area contributed by atoms with Crippen LogP contribution in [-0.2, 0) is 16.6 Å². The molecule has 9 heteroatoms. The van der Waals surface area contributed by atoms with Crippen LogP contribution < -0.4 is 5.32 Å². The first-order valence-corrected chi connectivity index (χ1v) is 8.19. The molecule has 1 N–H and O–H groups in total. The first-order valence-electron chi connectivity index (χ1n) is 5.79. The van der Waals surface area contributed by atoms with Crippen molar-refractivity contribution in [3.05, 3.63) is 31.0 Å². The first kappa shape index (κ1) is 16.2. The zero-order valence-electron chi connectivity index (χ0n) is 11.1. The topological polar surface area (TPSA) is 73.2 Å². The van der Waals surface area contributed by atoms with Crippen LogP contribution in [0.3, 0.4) is 0 Å². The van der Waals surface area contributed by atoms with Gasteiger partial charge in [-0.3, -0.25) is 9.48 Å². The van der Waals surface area contributed by atoms with E-state index >= 15 is 0 Å². The van der Waals surface area contributed by atoms with Crippen LogP contribution in [0.2, 0.25) is 0 Å². The second-order valence-corrected chi connectivity index (χ2v) is 7.38. The number of carbonyl (C=O) groups is 2. The fourth-order valence-electron chi connectivity index (χ4n) is 1.56. The van der Waals surface area contributed by atoms with Gasteiger partial charge >= 0.3 is 5.97 Å². The highest BCUT2D eigenvalue weighted by molar-refractivity contribution is 9.13. The fourth-order valence-corrected chi connectivity index (χ4v) is 3.49. The summed E-state index contributed by atoms with van der Waals surface area (Å²) in [6.45, 7) is 1.47. The van der Waals surface area contributed by atoms with Crippen molar-refractivity contribution in [2.45, 2.75) is 6.92 Å². The molecule has 0 spiro atoms. The highest BCUT2D eigenvalue weighted by Crippen LogP contribution is 2.32. The van der Waals surface area contributed by atoms with E-state index in [0.717, 1.165) is 14.0 Å². The van der Waals surface area contributed by atoms with Crippen molar-refractivity contribution in [3.63, 3.8) is 0 Å². The Balaban J connectivity index is 1.89. The van der Waals surface area contributed by atoms with Gasteiger partial charge in [-0.05, 0) is 44.8 Å². The van der Waals surface area contributed by atoms with E-state index in [9.17, 15) is 9.59 Å². The Hall–Kier alpha value is -1.19. The van der Waals surface area contributed by atoms with E-state index in [4.69, 9.17) is 4.74 Å². The van der Waals surface area contributed by atoms with Gasteiger partial charge in [-0.2, -0.15) is 5.10 Å². The molecule has 0 unspecified atom stereocenters. The highest BCUT2D eigenvalue weighted by atomic mass is 79.9. The molecule has 0 saturated heterocycles. The Kier molecular flexibility index (Phi) is 5.17. The van der Waals surface area contributed by atoms with Gasteiger partial charge in [0.2, 0.25) is 0 Å². The molecule has 2 rings (SSSR count). The number of hydrogen-bond acceptors (Lipinski definition) is 5. The molecular weight excluding hydrogens is 426 g/mol. The van der Waals surface area contributed by atoms with Gasteiger partial charge in [-0.1, -0.05) is 0 Å². The molecule has 0 fully saturated rings. The van der Waals surface area contributed by atoms with E-state index in [-0.39, 0.29) is 6.61 Å². The normalized spacial score (nSPS) is 10.5. The van der Waals surface area contributed by atoms with Crippen molar-refractivity contribution < 1.29 is 14.3 Å². The Morgan fingerprint density at radius 3 is 2.67 bits per heavy atom. The van der Waals surface area contributed by atoms with Gasteiger partial charge in [0.15, 0.2) is 6.61 Å². The van der Waals surface area contributed by atoms with Gasteiger partial charge < -0.3 is 10.1 Å². The molecule has 0 radical (unpaired) electrons. The molecule has 2 aromatic heterocycles. The number of hydrogen-bond donors (Lipinski definition) is 1. The number of nitrogens with zero attached hydrogens (tertiary/aromatic N) is 2. The maximum absolute atomic E-state index is 11.8. The summed E-state index contributed by atoms with van der Waals surface area (Å²) < 4.78 is 8.08. The van der Waals surface area contributed by atoms with Crippen molar-refractivity contribution in [1.82, 2.24) is 9.78 Å². The summed E-state index contributed by atoms with van der Waals surface area (Å²) in [6.07, 6.45) is 0. The van der Waals surface area contributed by atoms with Crippen LogP contribution in [0.15, 0.2) is 20.4 Å². The maximum atomic E-state index is 11.8. The second kappa shape index (κ2) is 6.71. The number of aromatic nitrogens is 2. The Morgan fingerprint density at radius 1 is 1.43 bits per heavy atom. The summed E-state index contributed by atoms with van der Waals surface area (Å²) in [4.78, 5) is 23.9. The molecule has 1 amide bonds. The van der Waals surface area contributed by atoms with Gasteiger partial charge in [0, 0.05) is 17.6 Å². The SMILES string of the molecule is Cc1cc(NC(=O)COC(=O)c2cc(Br)c(Br)s2)n(C)n1. The number of ether oxygens (including phenoxy) is 1. The van der Waals surface area contributed by atoms with Crippen molar-refractivity contribution in [1.29, 1.82) is 0 Å². The summed E-state index contributed by atoms with van der Waals surface area (Å²) >= 11 is 7.81. The standard InChI is InChI=1S/C12H11Br2N3O3S/c1-6-3-9(17(2)16-6)15-10(18)5-20-12(19)8-4-7(13)11(14)21-8/h3-4H,5H2,1-2H3,(H,15,18). The van der Waals surface area contributed by atoms with Crippen LogP contribution in [-0.4, -0.2) is 28.3 Å². The monoisotopic (exact) mass is 435 g/mol. The van der Waals surface area contributed by atoms with Crippen LogP contribution in [0.25, 0.3) is 0 Å². The molecule has 21 heavy (non-hydrogen) atoms. The summed E-state index contributed by atoms with van der Waals surface area (Å²) in [6, 6.07) is 3.37. The van der Waals surface area contributed by atoms with E-state index in [0.29, 0.717) is 10.7 Å². The Morgan fingerprint density at radius 2 is 2.14 bits per heavy atom. The quantitative estimate of drug-likeness (QED) is 0.747. The summed E-state index contributed by atoms with van der Waals surface area (Å²) in [5, 5.41) is 6.73. The number of esters is 1. The van der Waals surface area contributed by atoms with Crippen molar-refractivity contribution in [2.24, 2.45) is 7.05 Å². The zero-order chi connectivity index (χ0) is 15.6. The lowest BCUT2D eigenvalue weighted by Gasteiger charge is -2.05. The van der Waals surface area contributed by atoms with E-state index < -0.39 is 11.9 Å². The lowest BCUT2D eigenvalue weighted by molar-refractivity contribution is -0.119. The number of anilines is 1. The van der Waals surface area contributed by atoms with E-state index in [1.165, 1.54) is 11.3 Å². The number of aryl methyl sites for hydroxylation is 2. The molecule has 0 aliphatic carbocycles. The predicted molar refractivity (Wildman–Crippen MR) is 86.6 cm³/mol. The molecule has 0 aliphatic rings. The third-order valence-electron chi connectivity index (χ3n) is 2.45. The minimum atomic E-state index is -0.539. The molecular formula is C12H11Br2N3O3S. The van der Waals surface area contributed by atoms with E-state index in [1.54, 1.807) is 23.9 Å². The van der Waals surface area contributed by atoms with Gasteiger partial charge in [0.25, 0.3) is 5.91 Å². The number of nitrogens with one attached hydrogen (secondary N) is 1. The third kappa shape index (κ3) is 4.14. The van der Waals surface area contributed by atoms with Crippen molar-refractivity contribution in [2.75, 3.05) is 11.9 Å². The minimum Gasteiger partial charge on any atom is -0.451 e.